The summed E-state index contributed by atoms with van der Waals surface area (Å²) in [5.41, 5.74) is 0. The molecule has 1 saturated carbocycles. The third kappa shape index (κ3) is 3.71. The van der Waals surface area contributed by atoms with Crippen LogP contribution in [-0.4, -0.2) is 23.9 Å². The average molecular weight is 265 g/mol. The number of carbonyl (C=O) groups excluding carboxylic acids is 2. The number of hydrogen-bond acceptors (Lipinski definition) is 2. The molecular formula is C12H18F3NO2. The molecule has 0 saturated heterocycles. The maximum Gasteiger partial charge on any atom is 0.392 e. The van der Waals surface area contributed by atoms with E-state index in [2.05, 4.69) is 5.32 Å². The molecule has 0 heterocycles. The number of hydrogen-bond donors (Lipinski definition) is 1. The summed E-state index contributed by atoms with van der Waals surface area (Å²) in [4.78, 5) is 22.8. The van der Waals surface area contributed by atoms with Crippen molar-refractivity contribution >= 4 is 11.7 Å². The molecule has 3 unspecified atom stereocenters. The van der Waals surface area contributed by atoms with E-state index in [1.807, 2.05) is 0 Å². The van der Waals surface area contributed by atoms with Gasteiger partial charge in [-0.05, 0) is 26.7 Å². The minimum Gasteiger partial charge on any atom is -0.346 e. The molecule has 0 spiro atoms. The molecule has 0 aromatic rings. The van der Waals surface area contributed by atoms with Gasteiger partial charge in [0.25, 0.3) is 0 Å². The second-order valence-corrected chi connectivity index (χ2v) is 4.88. The van der Waals surface area contributed by atoms with Gasteiger partial charge in [-0.1, -0.05) is 12.8 Å². The maximum absolute atomic E-state index is 12.8. The molecule has 18 heavy (non-hydrogen) atoms. The fourth-order valence-corrected chi connectivity index (χ4v) is 2.26. The van der Waals surface area contributed by atoms with Gasteiger partial charge in [0.1, 0.15) is 0 Å². The van der Waals surface area contributed by atoms with E-state index >= 15 is 0 Å². The van der Waals surface area contributed by atoms with Gasteiger partial charge in [0.2, 0.25) is 5.91 Å². The highest BCUT2D eigenvalue weighted by molar-refractivity contribution is 5.88. The number of halogens is 3. The molecule has 3 atom stereocenters. The Kier molecular flexibility index (Phi) is 4.76. The zero-order chi connectivity index (χ0) is 13.9. The molecular weight excluding hydrogens is 247 g/mol. The first kappa shape index (κ1) is 15.0. The van der Waals surface area contributed by atoms with Gasteiger partial charge in [-0.15, -0.1) is 0 Å². The molecule has 0 aromatic heterocycles. The molecule has 6 heteroatoms. The summed E-state index contributed by atoms with van der Waals surface area (Å²) in [6.07, 6.45) is -2.99. The van der Waals surface area contributed by atoms with E-state index in [-0.39, 0.29) is 18.6 Å². The Bertz CT molecular complexity index is 328. The number of amides is 1. The number of ketones is 1. The van der Waals surface area contributed by atoms with Gasteiger partial charge in [0.15, 0.2) is 5.78 Å². The Morgan fingerprint density at radius 3 is 2.28 bits per heavy atom. The van der Waals surface area contributed by atoms with Gasteiger partial charge in [-0.3, -0.25) is 9.59 Å². The van der Waals surface area contributed by atoms with Gasteiger partial charge in [0.05, 0.1) is 12.0 Å². The average Bonchev–Trinajstić information content (AvgIpc) is 2.27. The molecule has 0 bridgehead atoms. The van der Waals surface area contributed by atoms with Crippen LogP contribution in [0.25, 0.3) is 0 Å². The Balaban J connectivity index is 2.72. The largest absolute Gasteiger partial charge is 0.392 e. The van der Waals surface area contributed by atoms with Gasteiger partial charge in [0, 0.05) is 5.92 Å². The summed E-state index contributed by atoms with van der Waals surface area (Å²) in [7, 11) is 0. The fourth-order valence-electron chi connectivity index (χ4n) is 2.26. The Hall–Kier alpha value is -1.07. The van der Waals surface area contributed by atoms with Crippen LogP contribution >= 0.6 is 0 Å². The number of alkyl halides is 3. The number of nitrogens with one attached hydrogen (secondary N) is 1. The minimum absolute atomic E-state index is 0.00393. The summed E-state index contributed by atoms with van der Waals surface area (Å²) in [6, 6.07) is -0.728. The Morgan fingerprint density at radius 1 is 1.22 bits per heavy atom. The lowest BCUT2D eigenvalue weighted by atomic mass is 9.78. The summed E-state index contributed by atoms with van der Waals surface area (Å²) in [5.74, 6) is -3.55. The predicted octanol–water partition coefficient (Wildman–Crippen LogP) is 2.45. The van der Waals surface area contributed by atoms with E-state index in [9.17, 15) is 22.8 Å². The van der Waals surface area contributed by atoms with Crippen molar-refractivity contribution in [3.05, 3.63) is 0 Å². The van der Waals surface area contributed by atoms with E-state index < -0.39 is 30.0 Å². The van der Waals surface area contributed by atoms with Crippen LogP contribution in [-0.2, 0) is 9.59 Å². The van der Waals surface area contributed by atoms with Crippen LogP contribution in [0.3, 0.4) is 0 Å². The zero-order valence-electron chi connectivity index (χ0n) is 10.5. The van der Waals surface area contributed by atoms with E-state index in [4.69, 9.17) is 0 Å². The highest BCUT2D eigenvalue weighted by atomic mass is 19.4. The van der Waals surface area contributed by atoms with Crippen LogP contribution in [0.2, 0.25) is 0 Å². The van der Waals surface area contributed by atoms with Crippen molar-refractivity contribution in [2.75, 3.05) is 0 Å². The molecule has 1 rings (SSSR count). The molecule has 1 N–H and O–H groups in total. The quantitative estimate of drug-likeness (QED) is 0.852. The lowest BCUT2D eigenvalue weighted by Crippen LogP contribution is -2.46. The second-order valence-electron chi connectivity index (χ2n) is 4.88. The number of rotatable bonds is 3. The Labute approximate surface area is 104 Å². The molecule has 0 radical (unpaired) electrons. The normalized spacial score (nSPS) is 26.5. The highest BCUT2D eigenvalue weighted by Gasteiger charge is 2.48. The van der Waals surface area contributed by atoms with Crippen molar-refractivity contribution in [1.82, 2.24) is 5.32 Å². The number of carbonyl (C=O) groups is 2. The third-order valence-electron chi connectivity index (χ3n) is 3.49. The van der Waals surface area contributed by atoms with E-state index in [0.717, 1.165) is 0 Å². The van der Waals surface area contributed by atoms with Crippen molar-refractivity contribution in [3.8, 4) is 0 Å². The SMILES string of the molecule is CC(=O)C(C)NC(=O)C1CCCCC1C(F)(F)F. The molecule has 3 nitrogen and oxygen atoms in total. The van der Waals surface area contributed by atoms with Crippen LogP contribution < -0.4 is 5.32 Å². The number of Topliss-reactive ketones (excluding diaryl/α,β-unsaturated/α-hetero) is 1. The van der Waals surface area contributed by atoms with Gasteiger partial charge >= 0.3 is 6.18 Å². The molecule has 1 fully saturated rings. The molecule has 104 valence electrons. The smallest absolute Gasteiger partial charge is 0.346 e. The van der Waals surface area contributed by atoms with Crippen LogP contribution in [0.1, 0.15) is 39.5 Å². The van der Waals surface area contributed by atoms with Crippen LogP contribution in [0.4, 0.5) is 13.2 Å². The van der Waals surface area contributed by atoms with Crippen LogP contribution in [0, 0.1) is 11.8 Å². The first-order valence-electron chi connectivity index (χ1n) is 6.11. The Morgan fingerprint density at radius 2 is 1.78 bits per heavy atom. The van der Waals surface area contributed by atoms with E-state index in [0.29, 0.717) is 12.8 Å². The summed E-state index contributed by atoms with van der Waals surface area (Å²) >= 11 is 0. The van der Waals surface area contributed by atoms with Crippen LogP contribution in [0.15, 0.2) is 0 Å². The minimum atomic E-state index is -4.35. The molecule has 0 aromatic carbocycles. The zero-order valence-corrected chi connectivity index (χ0v) is 10.5. The van der Waals surface area contributed by atoms with Crippen molar-refractivity contribution < 1.29 is 22.8 Å². The molecule has 0 aliphatic heterocycles. The maximum atomic E-state index is 12.8. The molecule has 1 aliphatic rings. The van der Waals surface area contributed by atoms with Gasteiger partial charge < -0.3 is 5.32 Å². The van der Waals surface area contributed by atoms with Crippen molar-refractivity contribution in [2.45, 2.75) is 51.7 Å². The monoisotopic (exact) mass is 265 g/mol. The van der Waals surface area contributed by atoms with Crippen LogP contribution in [0.5, 0.6) is 0 Å². The second kappa shape index (κ2) is 5.71. The van der Waals surface area contributed by atoms with Crippen molar-refractivity contribution in [2.24, 2.45) is 11.8 Å². The lowest BCUT2D eigenvalue weighted by molar-refractivity contribution is -0.198. The highest BCUT2D eigenvalue weighted by Crippen LogP contribution is 2.41. The predicted molar refractivity (Wildman–Crippen MR) is 59.8 cm³/mol. The summed E-state index contributed by atoms with van der Waals surface area (Å²) in [5, 5.41) is 2.36. The van der Waals surface area contributed by atoms with E-state index in [1.165, 1.54) is 13.8 Å². The van der Waals surface area contributed by atoms with Crippen molar-refractivity contribution in [3.63, 3.8) is 0 Å². The first-order valence-corrected chi connectivity index (χ1v) is 6.11. The molecule has 1 aliphatic carbocycles. The lowest BCUT2D eigenvalue weighted by Gasteiger charge is -2.32. The van der Waals surface area contributed by atoms with Gasteiger partial charge in [-0.25, -0.2) is 0 Å². The summed E-state index contributed by atoms with van der Waals surface area (Å²) < 4.78 is 38.4. The molecule has 1 amide bonds. The fraction of sp³-hybridized carbons (Fsp3) is 0.833. The van der Waals surface area contributed by atoms with Crippen molar-refractivity contribution in [1.29, 1.82) is 0 Å². The topological polar surface area (TPSA) is 46.2 Å². The first-order chi connectivity index (χ1) is 8.23. The standard InChI is InChI=1S/C12H18F3NO2/c1-7(8(2)17)16-11(18)9-5-3-4-6-10(9)12(13,14)15/h7,9-10H,3-6H2,1-2H3,(H,16,18). The van der Waals surface area contributed by atoms with Gasteiger partial charge in [-0.2, -0.15) is 13.2 Å². The third-order valence-corrected chi connectivity index (χ3v) is 3.49. The summed E-state index contributed by atoms with van der Waals surface area (Å²) in [6.45, 7) is 2.78. The van der Waals surface area contributed by atoms with E-state index in [1.54, 1.807) is 0 Å².